The van der Waals surface area contributed by atoms with E-state index in [0.29, 0.717) is 34.1 Å². The molecule has 1 aliphatic heterocycles. The molecule has 4 rings (SSSR count). The highest BCUT2D eigenvalue weighted by Gasteiger charge is 2.26. The number of methoxy groups -OCH3 is 2. The number of amides is 3. The summed E-state index contributed by atoms with van der Waals surface area (Å²) in [5, 5.41) is 11.1. The van der Waals surface area contributed by atoms with Crippen LogP contribution in [0.25, 0.3) is 0 Å². The smallest absolute Gasteiger partial charge is 0.271 e. The predicted molar refractivity (Wildman–Crippen MR) is 133 cm³/mol. The van der Waals surface area contributed by atoms with Crippen LogP contribution < -0.4 is 25.1 Å². The molecule has 1 heterocycles. The van der Waals surface area contributed by atoms with E-state index < -0.39 is 5.91 Å². The molecular weight excluding hydrogens is 448 g/mol. The van der Waals surface area contributed by atoms with Gasteiger partial charge < -0.3 is 20.1 Å². The lowest BCUT2D eigenvalue weighted by Gasteiger charge is -2.23. The van der Waals surface area contributed by atoms with E-state index in [1.54, 1.807) is 60.7 Å². The summed E-state index contributed by atoms with van der Waals surface area (Å²) in [4.78, 5) is 38.0. The van der Waals surface area contributed by atoms with Gasteiger partial charge in [-0.3, -0.25) is 14.4 Å². The largest absolute Gasteiger partial charge is 0.494 e. The number of nitrogens with zero attached hydrogens (tertiary/aromatic N) is 2. The maximum absolute atomic E-state index is 13.0. The first-order chi connectivity index (χ1) is 17.0. The third-order valence-electron chi connectivity index (χ3n) is 5.35. The van der Waals surface area contributed by atoms with Crippen LogP contribution in [-0.4, -0.2) is 37.7 Å². The third kappa shape index (κ3) is 5.30. The minimum Gasteiger partial charge on any atom is -0.494 e. The number of hydrazone groups is 1. The van der Waals surface area contributed by atoms with Crippen molar-refractivity contribution in [3.05, 3.63) is 78.4 Å². The number of benzene rings is 3. The Labute approximate surface area is 202 Å². The van der Waals surface area contributed by atoms with Gasteiger partial charge in [0.1, 0.15) is 17.2 Å². The molecular formula is C26H24N4O5. The fourth-order valence-corrected chi connectivity index (χ4v) is 3.56. The van der Waals surface area contributed by atoms with Gasteiger partial charge in [0.05, 0.1) is 31.3 Å². The number of hydrogen-bond acceptors (Lipinski definition) is 6. The monoisotopic (exact) mass is 472 g/mol. The fourth-order valence-electron chi connectivity index (χ4n) is 3.56. The van der Waals surface area contributed by atoms with Crippen molar-refractivity contribution in [2.45, 2.75) is 12.8 Å². The zero-order valence-electron chi connectivity index (χ0n) is 19.3. The van der Waals surface area contributed by atoms with Gasteiger partial charge in [0.2, 0.25) is 5.91 Å². The van der Waals surface area contributed by atoms with E-state index in [4.69, 9.17) is 9.47 Å². The van der Waals surface area contributed by atoms with E-state index in [1.165, 1.54) is 19.2 Å². The lowest BCUT2D eigenvalue weighted by molar-refractivity contribution is -0.118. The molecule has 3 aromatic rings. The number of anilines is 3. The van der Waals surface area contributed by atoms with Crippen LogP contribution in [-0.2, 0) is 9.59 Å². The third-order valence-corrected chi connectivity index (χ3v) is 5.35. The van der Waals surface area contributed by atoms with Gasteiger partial charge in [0.15, 0.2) is 0 Å². The number of para-hydroxylation sites is 1. The summed E-state index contributed by atoms with van der Waals surface area (Å²) in [5.74, 6) is -0.331. The Morgan fingerprint density at radius 1 is 0.800 bits per heavy atom. The van der Waals surface area contributed by atoms with E-state index in [0.717, 1.165) is 0 Å². The second-order valence-corrected chi connectivity index (χ2v) is 7.61. The molecule has 9 heteroatoms. The number of ether oxygens (including phenoxy) is 2. The normalized spacial score (nSPS) is 13.0. The van der Waals surface area contributed by atoms with Crippen molar-refractivity contribution in [1.82, 2.24) is 0 Å². The van der Waals surface area contributed by atoms with Crippen molar-refractivity contribution < 1.29 is 23.9 Å². The molecule has 9 nitrogen and oxygen atoms in total. The summed E-state index contributed by atoms with van der Waals surface area (Å²) >= 11 is 0. The number of hydrogen-bond donors (Lipinski definition) is 2. The predicted octanol–water partition coefficient (Wildman–Crippen LogP) is 4.08. The molecule has 0 saturated carbocycles. The molecule has 0 radical (unpaired) electrons. The lowest BCUT2D eigenvalue weighted by atomic mass is 10.1. The molecule has 3 aromatic carbocycles. The molecule has 0 atom stereocenters. The summed E-state index contributed by atoms with van der Waals surface area (Å²) in [6, 6.07) is 20.8. The van der Waals surface area contributed by atoms with Gasteiger partial charge in [-0.2, -0.15) is 5.10 Å². The molecule has 0 bridgehead atoms. The van der Waals surface area contributed by atoms with Gasteiger partial charge in [0.25, 0.3) is 11.8 Å². The highest BCUT2D eigenvalue weighted by molar-refractivity contribution is 6.44. The van der Waals surface area contributed by atoms with Crippen LogP contribution in [0, 0.1) is 0 Å². The molecule has 0 saturated heterocycles. The van der Waals surface area contributed by atoms with Crippen molar-refractivity contribution in [3.63, 3.8) is 0 Å². The van der Waals surface area contributed by atoms with Crippen LogP contribution in [0.5, 0.6) is 11.5 Å². The Balaban J connectivity index is 1.57. The summed E-state index contributed by atoms with van der Waals surface area (Å²) in [7, 11) is 2.91. The second-order valence-electron chi connectivity index (χ2n) is 7.61. The highest BCUT2D eigenvalue weighted by Crippen LogP contribution is 2.37. The van der Waals surface area contributed by atoms with Crippen molar-refractivity contribution in [3.8, 4) is 11.5 Å². The number of rotatable bonds is 7. The standard InChI is InChI=1S/C26H24N4O5/c1-34-22-16-21(23(35-2)15-20(22)27-25(32)17-9-5-3-6-10-17)28-26(33)19-13-14-24(31)30(29-19)18-11-7-4-8-12-18/h3-12,15-16H,13-14H2,1-2H3,(H,27,32)(H,28,33). The molecule has 178 valence electrons. The van der Waals surface area contributed by atoms with Gasteiger partial charge in [-0.1, -0.05) is 36.4 Å². The van der Waals surface area contributed by atoms with E-state index in [-0.39, 0.29) is 30.4 Å². The highest BCUT2D eigenvalue weighted by atomic mass is 16.5. The Hall–Kier alpha value is -4.66. The zero-order valence-corrected chi connectivity index (χ0v) is 19.3. The topological polar surface area (TPSA) is 109 Å². The average molecular weight is 473 g/mol. The van der Waals surface area contributed by atoms with E-state index in [9.17, 15) is 14.4 Å². The van der Waals surface area contributed by atoms with Gasteiger partial charge >= 0.3 is 0 Å². The Kier molecular flexibility index (Phi) is 7.06. The van der Waals surface area contributed by atoms with Crippen molar-refractivity contribution in [1.29, 1.82) is 0 Å². The van der Waals surface area contributed by atoms with Crippen LogP contribution in [0.4, 0.5) is 17.1 Å². The minimum atomic E-state index is -0.472. The van der Waals surface area contributed by atoms with Crippen molar-refractivity contribution in [2.24, 2.45) is 5.10 Å². The van der Waals surface area contributed by atoms with Gasteiger partial charge in [-0.05, 0) is 24.3 Å². The molecule has 2 N–H and O–H groups in total. The lowest BCUT2D eigenvalue weighted by Crippen LogP contribution is -2.36. The average Bonchev–Trinajstić information content (AvgIpc) is 2.90. The first kappa shape index (κ1) is 23.5. The van der Waals surface area contributed by atoms with Crippen LogP contribution in [0.2, 0.25) is 0 Å². The number of carbonyl (C=O) groups excluding carboxylic acids is 3. The van der Waals surface area contributed by atoms with Gasteiger partial charge in [-0.25, -0.2) is 5.01 Å². The zero-order chi connectivity index (χ0) is 24.8. The molecule has 3 amide bonds. The van der Waals surface area contributed by atoms with Crippen molar-refractivity contribution in [2.75, 3.05) is 29.9 Å². The molecule has 0 aliphatic carbocycles. The number of nitrogens with one attached hydrogen (secondary N) is 2. The first-order valence-electron chi connectivity index (χ1n) is 10.9. The van der Waals surface area contributed by atoms with Crippen molar-refractivity contribution >= 4 is 40.5 Å². The van der Waals surface area contributed by atoms with Crippen LogP contribution in [0.15, 0.2) is 77.9 Å². The molecule has 1 aliphatic rings. The maximum atomic E-state index is 13.0. The van der Waals surface area contributed by atoms with Crippen LogP contribution in [0.1, 0.15) is 23.2 Å². The van der Waals surface area contributed by atoms with E-state index in [1.807, 2.05) is 12.1 Å². The second kappa shape index (κ2) is 10.5. The summed E-state index contributed by atoms with van der Waals surface area (Å²) in [6.45, 7) is 0. The summed E-state index contributed by atoms with van der Waals surface area (Å²) in [6.07, 6.45) is 0.366. The van der Waals surface area contributed by atoms with E-state index in [2.05, 4.69) is 15.7 Å². The Morgan fingerprint density at radius 2 is 1.34 bits per heavy atom. The number of carbonyl (C=O) groups is 3. The fraction of sp³-hybridized carbons (Fsp3) is 0.154. The molecule has 0 spiro atoms. The Morgan fingerprint density at radius 3 is 1.91 bits per heavy atom. The summed E-state index contributed by atoms with van der Waals surface area (Å²) < 4.78 is 10.9. The van der Waals surface area contributed by atoms with Gasteiger partial charge in [0, 0.05) is 30.5 Å². The maximum Gasteiger partial charge on any atom is 0.271 e. The quantitative estimate of drug-likeness (QED) is 0.539. The SMILES string of the molecule is COc1cc(NC(=O)c2ccccc2)c(OC)cc1NC(=O)C1=NN(c2ccccc2)C(=O)CC1. The minimum absolute atomic E-state index is 0.159. The summed E-state index contributed by atoms with van der Waals surface area (Å²) in [5.41, 5.74) is 1.99. The van der Waals surface area contributed by atoms with Gasteiger partial charge in [-0.15, -0.1) is 0 Å². The molecule has 0 aromatic heterocycles. The molecule has 0 fully saturated rings. The Bertz CT molecular complexity index is 1280. The van der Waals surface area contributed by atoms with Crippen LogP contribution in [0.3, 0.4) is 0 Å². The molecule has 35 heavy (non-hydrogen) atoms. The van der Waals surface area contributed by atoms with Crippen LogP contribution >= 0.6 is 0 Å². The molecule has 0 unspecified atom stereocenters. The van der Waals surface area contributed by atoms with E-state index >= 15 is 0 Å². The first-order valence-corrected chi connectivity index (χ1v) is 10.9.